The normalized spacial score (nSPS) is 21.6. The van der Waals surface area contributed by atoms with Crippen molar-refractivity contribution in [3.05, 3.63) is 75.0 Å². The number of carbonyl (C=O) groups is 4. The smallest absolute Gasteiger partial charge is 0.280 e. The number of aryl methyl sites for hydroxylation is 1. The summed E-state index contributed by atoms with van der Waals surface area (Å²) >= 11 is 1.08. The number of fused-ring (bicyclic) bond motifs is 2. The van der Waals surface area contributed by atoms with Gasteiger partial charge in [-0.25, -0.2) is 8.78 Å². The summed E-state index contributed by atoms with van der Waals surface area (Å²) in [6.07, 6.45) is 3.53. The van der Waals surface area contributed by atoms with Gasteiger partial charge < -0.3 is 29.2 Å². The molecule has 3 saturated heterocycles. The van der Waals surface area contributed by atoms with Gasteiger partial charge in [-0.1, -0.05) is 6.07 Å². The molecule has 0 bridgehead atoms. The van der Waals surface area contributed by atoms with Gasteiger partial charge in [0.1, 0.15) is 17.5 Å². The maximum absolute atomic E-state index is 15.8. The third kappa shape index (κ3) is 6.89. The lowest BCUT2D eigenvalue weighted by molar-refractivity contribution is -0.136. The Morgan fingerprint density at radius 1 is 0.929 bits per heavy atom. The number of aromatic nitrogens is 1. The molecular weight excluding hydrogens is 747 g/mol. The Labute approximate surface area is 325 Å². The zero-order valence-electron chi connectivity index (χ0n) is 31.2. The van der Waals surface area contributed by atoms with Crippen molar-refractivity contribution in [2.45, 2.75) is 62.7 Å². The lowest BCUT2D eigenvalue weighted by atomic mass is 9.95. The molecule has 2 unspecified atom stereocenters. The highest BCUT2D eigenvalue weighted by molar-refractivity contribution is 7.21. The number of hydrogen-bond acceptors (Lipinski definition) is 10. The van der Waals surface area contributed by atoms with Crippen LogP contribution in [0, 0.1) is 0 Å². The number of carbonyl (C=O) groups excluding carboxylic acids is 4. The lowest BCUT2D eigenvalue weighted by Crippen LogP contribution is -2.61. The summed E-state index contributed by atoms with van der Waals surface area (Å²) in [6.45, 7) is 1.45. The topological polar surface area (TPSA) is 143 Å². The molecule has 2 N–H and O–H groups in total. The summed E-state index contributed by atoms with van der Waals surface area (Å²) in [4.78, 5) is 69.7. The van der Waals surface area contributed by atoms with Crippen LogP contribution in [-0.4, -0.2) is 102 Å². The second-order valence-corrected chi connectivity index (χ2v) is 16.0. The summed E-state index contributed by atoms with van der Waals surface area (Å²) in [5.74, 6) is -3.76. The van der Waals surface area contributed by atoms with Gasteiger partial charge in [-0.15, -0.1) is 11.3 Å². The molecule has 13 nitrogen and oxygen atoms in total. The van der Waals surface area contributed by atoms with Crippen molar-refractivity contribution in [3.8, 4) is 22.6 Å². The molecule has 0 radical (unpaired) electrons. The Hall–Kier alpha value is -5.35. The number of amides is 4. The van der Waals surface area contributed by atoms with E-state index in [2.05, 4.69) is 15.5 Å². The Morgan fingerprint density at radius 2 is 1.66 bits per heavy atom. The van der Waals surface area contributed by atoms with E-state index in [0.29, 0.717) is 83.7 Å². The summed E-state index contributed by atoms with van der Waals surface area (Å²) in [6, 6.07) is 10.4. The number of halogens is 2. The number of nitrogens with zero attached hydrogens (tertiary/aromatic N) is 4. The van der Waals surface area contributed by atoms with Crippen LogP contribution in [0.15, 0.2) is 53.5 Å². The number of methoxy groups -OCH3 is 2. The van der Waals surface area contributed by atoms with E-state index in [4.69, 9.17) is 9.47 Å². The molecule has 4 aromatic rings. The number of benzene rings is 2. The van der Waals surface area contributed by atoms with Crippen LogP contribution in [0.4, 0.5) is 14.5 Å². The Balaban J connectivity index is 0.900. The highest BCUT2D eigenvalue weighted by atomic mass is 32.1. The number of anilines is 1. The van der Waals surface area contributed by atoms with E-state index in [-0.39, 0.29) is 41.1 Å². The van der Waals surface area contributed by atoms with Crippen LogP contribution in [0.25, 0.3) is 21.2 Å². The van der Waals surface area contributed by atoms with Crippen molar-refractivity contribution in [1.82, 2.24) is 25.0 Å². The highest BCUT2D eigenvalue weighted by Gasteiger charge is 2.47. The second-order valence-electron chi connectivity index (χ2n) is 14.9. The van der Waals surface area contributed by atoms with Crippen LogP contribution in [0.3, 0.4) is 0 Å². The molecule has 4 aliphatic heterocycles. The average Bonchev–Trinajstić information content (AvgIpc) is 3.78. The Kier molecular flexibility index (Phi) is 9.81. The van der Waals surface area contributed by atoms with Crippen molar-refractivity contribution >= 4 is 50.7 Å². The average molecular weight is 789 g/mol. The van der Waals surface area contributed by atoms with Crippen molar-refractivity contribution in [2.75, 3.05) is 45.3 Å². The van der Waals surface area contributed by atoms with Gasteiger partial charge in [0.25, 0.3) is 23.3 Å². The molecule has 0 saturated carbocycles. The van der Waals surface area contributed by atoms with E-state index in [9.17, 15) is 24.0 Å². The fourth-order valence-corrected chi connectivity index (χ4v) is 9.53. The molecule has 0 spiro atoms. The zero-order valence-corrected chi connectivity index (χ0v) is 32.0. The molecule has 2 aromatic carbocycles. The first kappa shape index (κ1) is 37.6. The molecule has 294 valence electrons. The molecule has 2 atom stereocenters. The summed E-state index contributed by atoms with van der Waals surface area (Å²) < 4.78 is 44.4. The fraction of sp³-hybridized carbons (Fsp3) is 0.425. The lowest BCUT2D eigenvalue weighted by Gasteiger charge is -2.45. The molecule has 16 heteroatoms. The molecule has 0 aliphatic carbocycles. The Morgan fingerprint density at radius 3 is 2.34 bits per heavy atom. The van der Waals surface area contributed by atoms with Gasteiger partial charge in [0.2, 0.25) is 11.8 Å². The summed E-state index contributed by atoms with van der Waals surface area (Å²) in [7, 11) is 4.69. The SMILES string of the molecule is COc1cc(OC)cc(-c2cn(C)c(=O)c3cc(C(=O)NC4CCN(C5CCN(c6ccc7c(c6)C(=O)N(C6CCC(=O)NC6=O)C7)CC5)CC4(F)F)sc23)c1. The predicted molar refractivity (Wildman–Crippen MR) is 206 cm³/mol. The minimum absolute atomic E-state index is 0.0665. The number of pyridine rings is 1. The maximum Gasteiger partial charge on any atom is 0.280 e. The third-order valence-electron chi connectivity index (χ3n) is 11.5. The largest absolute Gasteiger partial charge is 0.497 e. The number of nitrogens with one attached hydrogen (secondary N) is 2. The standard InChI is InChI=1S/C40H42F2N6O7S/c1-45-20-30(23-14-26(54-2)17-27(15-23)55-3)35-29(38(45)52)18-32(56-35)37(51)43-33-10-13-47(21-40(33,41)42)24-8-11-46(12-9-24)25-5-4-22-19-48(39(53)28(22)16-25)31-6-7-34(49)44-36(31)50/h4-5,14-18,20,24,31,33H,6-13,19,21H2,1-3H3,(H,43,51)(H,44,49,50). The minimum Gasteiger partial charge on any atom is -0.497 e. The first-order valence-electron chi connectivity index (χ1n) is 18.7. The molecule has 4 aliphatic rings. The molecular formula is C40H42F2N6O7S. The molecule has 2 aromatic heterocycles. The van der Waals surface area contributed by atoms with Crippen LogP contribution >= 0.6 is 11.3 Å². The number of hydrogen-bond donors (Lipinski definition) is 2. The first-order valence-corrected chi connectivity index (χ1v) is 19.5. The van der Waals surface area contributed by atoms with Gasteiger partial charge in [-0.05, 0) is 67.1 Å². The van der Waals surface area contributed by atoms with Crippen LogP contribution in [0.1, 0.15) is 57.7 Å². The highest BCUT2D eigenvalue weighted by Crippen LogP contribution is 2.38. The third-order valence-corrected chi connectivity index (χ3v) is 12.7. The van der Waals surface area contributed by atoms with Crippen LogP contribution in [0.2, 0.25) is 0 Å². The number of likely N-dealkylation sites (tertiary alicyclic amines) is 1. The van der Waals surface area contributed by atoms with Crippen LogP contribution in [0.5, 0.6) is 11.5 Å². The second kappa shape index (κ2) is 14.6. The van der Waals surface area contributed by atoms with Gasteiger partial charge >= 0.3 is 0 Å². The number of rotatable bonds is 8. The first-order chi connectivity index (χ1) is 26.8. The minimum atomic E-state index is -3.19. The van der Waals surface area contributed by atoms with Crippen molar-refractivity contribution in [1.29, 1.82) is 0 Å². The fourth-order valence-electron chi connectivity index (χ4n) is 8.44. The number of alkyl halides is 2. The van der Waals surface area contributed by atoms with Gasteiger partial charge in [0.05, 0.1) is 37.1 Å². The summed E-state index contributed by atoms with van der Waals surface area (Å²) in [5, 5.41) is 5.23. The monoisotopic (exact) mass is 788 g/mol. The Bertz CT molecular complexity index is 2300. The van der Waals surface area contributed by atoms with E-state index in [0.717, 1.165) is 22.6 Å². The molecule has 6 heterocycles. The zero-order chi connectivity index (χ0) is 39.5. The van der Waals surface area contributed by atoms with Gasteiger partial charge in [0, 0.05) is 79.5 Å². The van der Waals surface area contributed by atoms with E-state index >= 15 is 8.78 Å². The van der Waals surface area contributed by atoms with Gasteiger partial charge in [-0.2, -0.15) is 0 Å². The van der Waals surface area contributed by atoms with Crippen LogP contribution < -0.4 is 30.6 Å². The van der Waals surface area contributed by atoms with Crippen molar-refractivity contribution < 1.29 is 37.4 Å². The predicted octanol–water partition coefficient (Wildman–Crippen LogP) is 4.15. The van der Waals surface area contributed by atoms with Crippen molar-refractivity contribution in [3.63, 3.8) is 0 Å². The van der Waals surface area contributed by atoms with Gasteiger partial charge in [-0.3, -0.25) is 34.2 Å². The summed E-state index contributed by atoms with van der Waals surface area (Å²) in [5.41, 5.74) is 3.30. The molecule has 3 fully saturated rings. The molecule has 8 rings (SSSR count). The number of piperidine rings is 3. The number of imide groups is 1. The maximum atomic E-state index is 15.8. The van der Waals surface area contributed by atoms with E-state index < -0.39 is 36.4 Å². The van der Waals surface area contributed by atoms with E-state index in [1.54, 1.807) is 31.4 Å². The quantitative estimate of drug-likeness (QED) is 0.252. The van der Waals surface area contributed by atoms with E-state index in [1.165, 1.54) is 29.8 Å². The number of thiophene rings is 1. The van der Waals surface area contributed by atoms with Crippen molar-refractivity contribution in [2.24, 2.45) is 7.05 Å². The van der Waals surface area contributed by atoms with Crippen LogP contribution in [-0.2, 0) is 23.2 Å². The van der Waals surface area contributed by atoms with E-state index in [1.807, 2.05) is 23.1 Å². The molecule has 4 amide bonds. The molecule has 56 heavy (non-hydrogen) atoms. The van der Waals surface area contributed by atoms with Gasteiger partial charge in [0.15, 0.2) is 0 Å². The number of ether oxygens (including phenoxy) is 2.